The first-order valence-electron chi connectivity index (χ1n) is 2.91. The number of thiol groups is 1. The lowest BCUT2D eigenvalue weighted by Gasteiger charge is -1.92. The molecule has 51 valence electrons. The second-order valence-corrected chi connectivity index (χ2v) is 2.12. The summed E-state index contributed by atoms with van der Waals surface area (Å²) in [7, 11) is 0. The Hall–Kier alpha value is -0.760. The summed E-state index contributed by atoms with van der Waals surface area (Å²) in [5.74, 6) is 1.21. The molecule has 0 aliphatic rings. The van der Waals surface area contributed by atoms with Crippen LogP contribution in [0.4, 0.5) is 0 Å². The molecule has 10 heavy (non-hydrogen) atoms. The maximum Gasteiger partial charge on any atom is 0.177 e. The summed E-state index contributed by atoms with van der Waals surface area (Å²) < 4.78 is 0. The van der Waals surface area contributed by atoms with E-state index in [9.17, 15) is 4.79 Å². The first-order valence-corrected chi connectivity index (χ1v) is 3.43. The number of carbonyl (C=O) groups is 1. The SMILES string of the molecule is O=C([CH]S)c1ccccc1. The second-order valence-electron chi connectivity index (χ2n) is 1.86. The average molecular weight is 151 g/mol. The van der Waals surface area contributed by atoms with Gasteiger partial charge in [-0.05, 0) is 0 Å². The van der Waals surface area contributed by atoms with E-state index >= 15 is 0 Å². The van der Waals surface area contributed by atoms with Gasteiger partial charge in [0, 0.05) is 5.56 Å². The van der Waals surface area contributed by atoms with Gasteiger partial charge in [0.25, 0.3) is 0 Å². The third-order valence-corrected chi connectivity index (χ3v) is 1.41. The molecule has 0 N–H and O–H groups in total. The predicted molar refractivity (Wildman–Crippen MR) is 44.1 cm³/mol. The van der Waals surface area contributed by atoms with E-state index in [-0.39, 0.29) is 5.78 Å². The minimum Gasteiger partial charge on any atom is -0.293 e. The van der Waals surface area contributed by atoms with Crippen LogP contribution in [-0.2, 0) is 0 Å². The quantitative estimate of drug-likeness (QED) is 0.505. The van der Waals surface area contributed by atoms with Crippen molar-refractivity contribution >= 4 is 18.4 Å². The van der Waals surface area contributed by atoms with Crippen molar-refractivity contribution in [3.05, 3.63) is 41.6 Å². The molecule has 1 nitrogen and oxygen atoms in total. The average Bonchev–Trinajstić information content (AvgIpc) is 2.05. The molecule has 0 spiro atoms. The minimum absolute atomic E-state index is 0.0519. The Kier molecular flexibility index (Phi) is 2.51. The Bertz CT molecular complexity index is 218. The Labute approximate surface area is 65.5 Å². The van der Waals surface area contributed by atoms with E-state index < -0.39 is 0 Å². The Morgan fingerprint density at radius 3 is 2.40 bits per heavy atom. The molecule has 1 aromatic carbocycles. The lowest BCUT2D eigenvalue weighted by molar-refractivity contribution is 0.104. The fourth-order valence-corrected chi connectivity index (χ4v) is 0.826. The lowest BCUT2D eigenvalue weighted by Crippen LogP contribution is -1.93. The Morgan fingerprint density at radius 1 is 1.30 bits per heavy atom. The number of rotatable bonds is 2. The summed E-state index contributed by atoms with van der Waals surface area (Å²) in [5.41, 5.74) is 0.678. The summed E-state index contributed by atoms with van der Waals surface area (Å²) in [6.07, 6.45) is 0. The van der Waals surface area contributed by atoms with Gasteiger partial charge >= 0.3 is 0 Å². The molecule has 1 aromatic rings. The van der Waals surface area contributed by atoms with E-state index in [2.05, 4.69) is 12.6 Å². The standard InChI is InChI=1S/C8H7OS/c9-8(6-10)7-4-2-1-3-5-7/h1-6,10H. The molecule has 1 radical (unpaired) electrons. The molecule has 0 aliphatic heterocycles. The van der Waals surface area contributed by atoms with E-state index in [1.54, 1.807) is 12.1 Å². The largest absolute Gasteiger partial charge is 0.293 e. The van der Waals surface area contributed by atoms with Crippen molar-refractivity contribution in [3.8, 4) is 0 Å². The van der Waals surface area contributed by atoms with E-state index in [4.69, 9.17) is 0 Å². The molecule has 2 heteroatoms. The monoisotopic (exact) mass is 151 g/mol. The van der Waals surface area contributed by atoms with Gasteiger partial charge in [0.2, 0.25) is 0 Å². The molecule has 0 aliphatic carbocycles. The topological polar surface area (TPSA) is 17.1 Å². The first kappa shape index (κ1) is 7.35. The fourth-order valence-electron chi connectivity index (χ4n) is 0.677. The van der Waals surface area contributed by atoms with Gasteiger partial charge < -0.3 is 0 Å². The summed E-state index contributed by atoms with van der Waals surface area (Å²) >= 11 is 3.75. The molecule has 0 atom stereocenters. The predicted octanol–water partition coefficient (Wildman–Crippen LogP) is 1.96. The van der Waals surface area contributed by atoms with Crippen LogP contribution in [0.3, 0.4) is 0 Å². The Morgan fingerprint density at radius 2 is 1.90 bits per heavy atom. The summed E-state index contributed by atoms with van der Waals surface area (Å²) in [6.45, 7) is 0. The molecule has 0 saturated carbocycles. The van der Waals surface area contributed by atoms with Gasteiger partial charge in [-0.3, -0.25) is 4.79 Å². The highest BCUT2D eigenvalue weighted by atomic mass is 32.1. The zero-order valence-electron chi connectivity index (χ0n) is 5.32. The van der Waals surface area contributed by atoms with Crippen LogP contribution < -0.4 is 0 Å². The minimum atomic E-state index is -0.0519. The fraction of sp³-hybridized carbons (Fsp3) is 0. The molecule has 0 heterocycles. The van der Waals surface area contributed by atoms with Crippen molar-refractivity contribution < 1.29 is 4.79 Å². The first-order chi connectivity index (χ1) is 4.84. The summed E-state index contributed by atoms with van der Waals surface area (Å²) in [5, 5.41) is 0. The molecular formula is C8H7OS. The molecule has 1 rings (SSSR count). The Balaban J connectivity index is 2.85. The lowest BCUT2D eigenvalue weighted by atomic mass is 10.2. The van der Waals surface area contributed by atoms with Crippen LogP contribution >= 0.6 is 12.6 Å². The zero-order chi connectivity index (χ0) is 7.40. The molecule has 0 aromatic heterocycles. The number of Topliss-reactive ketones (excluding diaryl/α,β-unsaturated/α-hetero) is 1. The van der Waals surface area contributed by atoms with Crippen molar-refractivity contribution in [1.82, 2.24) is 0 Å². The molecule has 0 bridgehead atoms. The van der Waals surface area contributed by atoms with Crippen molar-refractivity contribution in [3.63, 3.8) is 0 Å². The summed E-state index contributed by atoms with van der Waals surface area (Å²) in [4.78, 5) is 10.9. The highest BCUT2D eigenvalue weighted by Crippen LogP contribution is 2.02. The third-order valence-electron chi connectivity index (χ3n) is 1.18. The van der Waals surface area contributed by atoms with Crippen LogP contribution in [0.2, 0.25) is 0 Å². The van der Waals surface area contributed by atoms with Crippen LogP contribution in [0.15, 0.2) is 30.3 Å². The molecule has 0 amide bonds. The summed E-state index contributed by atoms with van der Waals surface area (Å²) in [6, 6.07) is 9.04. The van der Waals surface area contributed by atoms with Gasteiger partial charge in [0.1, 0.15) is 0 Å². The van der Waals surface area contributed by atoms with E-state index in [0.29, 0.717) is 5.56 Å². The highest BCUT2D eigenvalue weighted by molar-refractivity contribution is 7.83. The van der Waals surface area contributed by atoms with Crippen LogP contribution in [0.5, 0.6) is 0 Å². The van der Waals surface area contributed by atoms with Crippen LogP contribution in [-0.4, -0.2) is 5.78 Å². The van der Waals surface area contributed by atoms with Crippen molar-refractivity contribution in [2.24, 2.45) is 0 Å². The maximum absolute atomic E-state index is 10.9. The van der Waals surface area contributed by atoms with Crippen molar-refractivity contribution in [2.45, 2.75) is 0 Å². The van der Waals surface area contributed by atoms with Gasteiger partial charge in [-0.15, -0.1) is 0 Å². The number of benzene rings is 1. The molecule has 0 saturated heterocycles. The van der Waals surface area contributed by atoms with Gasteiger partial charge in [-0.1, -0.05) is 30.3 Å². The van der Waals surface area contributed by atoms with Gasteiger partial charge in [0.05, 0.1) is 5.75 Å². The normalized spacial score (nSPS) is 9.30. The molecular weight excluding hydrogens is 144 g/mol. The maximum atomic E-state index is 10.9. The van der Waals surface area contributed by atoms with Crippen molar-refractivity contribution in [2.75, 3.05) is 0 Å². The van der Waals surface area contributed by atoms with Crippen LogP contribution in [0.25, 0.3) is 0 Å². The molecule has 0 fully saturated rings. The smallest absolute Gasteiger partial charge is 0.177 e. The third kappa shape index (κ3) is 1.61. The van der Waals surface area contributed by atoms with Gasteiger partial charge in [-0.25, -0.2) is 0 Å². The van der Waals surface area contributed by atoms with Gasteiger partial charge in [-0.2, -0.15) is 12.6 Å². The van der Waals surface area contributed by atoms with Gasteiger partial charge in [0.15, 0.2) is 5.78 Å². The van der Waals surface area contributed by atoms with E-state index in [1.807, 2.05) is 18.2 Å². The van der Waals surface area contributed by atoms with Crippen LogP contribution in [0, 0.1) is 5.75 Å². The van der Waals surface area contributed by atoms with E-state index in [0.717, 1.165) is 0 Å². The number of hydrogen-bond acceptors (Lipinski definition) is 2. The molecule has 0 unspecified atom stereocenters. The number of carbonyl (C=O) groups excluding carboxylic acids is 1. The zero-order valence-corrected chi connectivity index (χ0v) is 6.21. The van der Waals surface area contributed by atoms with E-state index in [1.165, 1.54) is 5.75 Å². The number of ketones is 1. The number of hydrogen-bond donors (Lipinski definition) is 1. The second kappa shape index (κ2) is 3.42. The van der Waals surface area contributed by atoms with Crippen molar-refractivity contribution in [1.29, 1.82) is 0 Å². The highest BCUT2D eigenvalue weighted by Gasteiger charge is 1.99. The van der Waals surface area contributed by atoms with Crippen LogP contribution in [0.1, 0.15) is 10.4 Å².